The maximum Gasteiger partial charge on any atom is 0.140 e. The fourth-order valence-corrected chi connectivity index (χ4v) is 2.83. The van der Waals surface area contributed by atoms with Crippen LogP contribution in [0.2, 0.25) is 15.1 Å². The predicted molar refractivity (Wildman–Crippen MR) is 71.0 cm³/mol. The van der Waals surface area contributed by atoms with Crippen molar-refractivity contribution in [2.24, 2.45) is 0 Å². The summed E-state index contributed by atoms with van der Waals surface area (Å²) in [6, 6.07) is 3.34. The molecule has 1 aliphatic carbocycles. The molecule has 2 nitrogen and oxygen atoms in total. The third-order valence-corrected chi connectivity index (χ3v) is 3.67. The molecular formula is C12H9Cl3N2. The molecule has 1 saturated carbocycles. The van der Waals surface area contributed by atoms with Crippen LogP contribution in [0, 0.1) is 0 Å². The molecule has 0 saturated heterocycles. The molecule has 1 aliphatic rings. The maximum atomic E-state index is 6.14. The van der Waals surface area contributed by atoms with Crippen molar-refractivity contribution in [2.45, 2.75) is 18.8 Å². The first-order chi connectivity index (χ1) is 8.15. The van der Waals surface area contributed by atoms with Crippen molar-refractivity contribution >= 4 is 34.8 Å². The normalized spacial score (nSPS) is 15.2. The summed E-state index contributed by atoms with van der Waals surface area (Å²) in [7, 11) is 0. The van der Waals surface area contributed by atoms with Gasteiger partial charge in [0, 0.05) is 22.8 Å². The number of hydrogen-bond donors (Lipinski definition) is 1. The van der Waals surface area contributed by atoms with Crippen molar-refractivity contribution in [1.29, 1.82) is 0 Å². The number of halogens is 3. The van der Waals surface area contributed by atoms with E-state index in [9.17, 15) is 0 Å². The van der Waals surface area contributed by atoms with Crippen molar-refractivity contribution in [1.82, 2.24) is 9.97 Å². The summed E-state index contributed by atoms with van der Waals surface area (Å²) in [6.07, 6.45) is 4.31. The average Bonchev–Trinajstić information content (AvgIpc) is 2.98. The molecule has 1 aromatic heterocycles. The summed E-state index contributed by atoms with van der Waals surface area (Å²) in [4.78, 5) is 7.60. The third-order valence-electron chi connectivity index (χ3n) is 2.86. The Morgan fingerprint density at radius 2 is 1.76 bits per heavy atom. The summed E-state index contributed by atoms with van der Waals surface area (Å²) in [5, 5.41) is 1.55. The molecule has 1 aromatic carbocycles. The summed E-state index contributed by atoms with van der Waals surface area (Å²) < 4.78 is 0. The zero-order valence-electron chi connectivity index (χ0n) is 8.80. The lowest BCUT2D eigenvalue weighted by Gasteiger charge is -2.04. The Morgan fingerprint density at radius 1 is 1.12 bits per heavy atom. The lowest BCUT2D eigenvalue weighted by atomic mass is 10.2. The van der Waals surface area contributed by atoms with Gasteiger partial charge in [-0.05, 0) is 25.0 Å². The molecule has 1 N–H and O–H groups in total. The Labute approximate surface area is 114 Å². The van der Waals surface area contributed by atoms with Gasteiger partial charge in [-0.2, -0.15) is 0 Å². The lowest BCUT2D eigenvalue weighted by Crippen LogP contribution is -1.85. The Kier molecular flexibility index (Phi) is 2.81. The second-order valence-electron chi connectivity index (χ2n) is 4.21. The van der Waals surface area contributed by atoms with E-state index in [1.54, 1.807) is 12.1 Å². The zero-order chi connectivity index (χ0) is 12.0. The summed E-state index contributed by atoms with van der Waals surface area (Å²) in [5.41, 5.74) is 1.87. The van der Waals surface area contributed by atoms with Crippen molar-refractivity contribution in [2.75, 3.05) is 0 Å². The molecule has 0 atom stereocenters. The van der Waals surface area contributed by atoms with Crippen LogP contribution >= 0.6 is 34.8 Å². The lowest BCUT2D eigenvalue weighted by molar-refractivity contribution is 1.05. The summed E-state index contributed by atoms with van der Waals surface area (Å²) in [6.45, 7) is 0. The van der Waals surface area contributed by atoms with E-state index in [0.717, 1.165) is 5.69 Å². The SMILES string of the molecule is Clc1cc(Cl)c(-c2ncc(C3CC3)[nH]2)c(Cl)c1. The van der Waals surface area contributed by atoms with Crippen LogP contribution in [0.15, 0.2) is 18.3 Å². The van der Waals surface area contributed by atoms with Gasteiger partial charge in [-0.3, -0.25) is 0 Å². The molecule has 0 unspecified atom stereocenters. The molecule has 3 rings (SSSR count). The van der Waals surface area contributed by atoms with Crippen molar-refractivity contribution in [3.8, 4) is 11.4 Å². The van der Waals surface area contributed by atoms with Crippen LogP contribution in [0.5, 0.6) is 0 Å². The Morgan fingerprint density at radius 3 is 2.35 bits per heavy atom. The highest BCUT2D eigenvalue weighted by Crippen LogP contribution is 2.41. The van der Waals surface area contributed by atoms with E-state index in [1.807, 2.05) is 6.20 Å². The molecule has 17 heavy (non-hydrogen) atoms. The molecule has 1 fully saturated rings. The maximum absolute atomic E-state index is 6.14. The summed E-state index contributed by atoms with van der Waals surface area (Å²) >= 11 is 18.2. The number of imidazole rings is 1. The van der Waals surface area contributed by atoms with Crippen LogP contribution in [0.4, 0.5) is 0 Å². The highest BCUT2D eigenvalue weighted by Gasteiger charge is 2.26. The van der Waals surface area contributed by atoms with E-state index < -0.39 is 0 Å². The fraction of sp³-hybridized carbons (Fsp3) is 0.250. The molecule has 0 spiro atoms. The van der Waals surface area contributed by atoms with Gasteiger partial charge in [0.05, 0.1) is 15.6 Å². The molecule has 2 aromatic rings. The Hall–Kier alpha value is -0.700. The van der Waals surface area contributed by atoms with E-state index in [4.69, 9.17) is 34.8 Å². The molecule has 0 bridgehead atoms. The van der Waals surface area contributed by atoms with E-state index in [-0.39, 0.29) is 0 Å². The van der Waals surface area contributed by atoms with E-state index in [0.29, 0.717) is 32.4 Å². The van der Waals surface area contributed by atoms with E-state index >= 15 is 0 Å². The van der Waals surface area contributed by atoms with Gasteiger partial charge in [-0.15, -0.1) is 0 Å². The first-order valence-electron chi connectivity index (χ1n) is 5.35. The predicted octanol–water partition coefficient (Wildman–Crippen LogP) is 4.91. The van der Waals surface area contributed by atoms with Gasteiger partial charge in [-0.1, -0.05) is 34.8 Å². The fourth-order valence-electron chi connectivity index (χ4n) is 1.83. The molecule has 5 heteroatoms. The van der Waals surface area contributed by atoms with Crippen LogP contribution in [0.3, 0.4) is 0 Å². The van der Waals surface area contributed by atoms with E-state index in [2.05, 4.69) is 9.97 Å². The van der Waals surface area contributed by atoms with Crippen molar-refractivity contribution in [3.63, 3.8) is 0 Å². The number of nitrogens with one attached hydrogen (secondary N) is 1. The smallest absolute Gasteiger partial charge is 0.140 e. The van der Waals surface area contributed by atoms with Crippen molar-refractivity contribution in [3.05, 3.63) is 39.1 Å². The second kappa shape index (κ2) is 4.20. The molecule has 0 amide bonds. The number of aromatic amines is 1. The first kappa shape index (κ1) is 11.4. The van der Waals surface area contributed by atoms with Crippen LogP contribution in [-0.4, -0.2) is 9.97 Å². The number of H-pyrrole nitrogens is 1. The van der Waals surface area contributed by atoms with Gasteiger partial charge >= 0.3 is 0 Å². The minimum absolute atomic E-state index is 0.513. The molecule has 88 valence electrons. The van der Waals surface area contributed by atoms with Crippen molar-refractivity contribution < 1.29 is 0 Å². The standard InChI is InChI=1S/C12H9Cl3N2/c13-7-3-8(14)11(9(15)4-7)12-16-5-10(17-12)6-1-2-6/h3-6H,1-2H2,(H,16,17). The largest absolute Gasteiger partial charge is 0.342 e. The van der Waals surface area contributed by atoms with E-state index in [1.165, 1.54) is 12.8 Å². The highest BCUT2D eigenvalue weighted by atomic mass is 35.5. The monoisotopic (exact) mass is 286 g/mol. The van der Waals surface area contributed by atoms with Gasteiger partial charge in [0.25, 0.3) is 0 Å². The highest BCUT2D eigenvalue weighted by molar-refractivity contribution is 6.41. The number of aromatic nitrogens is 2. The number of hydrogen-bond acceptors (Lipinski definition) is 1. The third kappa shape index (κ3) is 2.17. The number of benzene rings is 1. The molecule has 1 heterocycles. The zero-order valence-corrected chi connectivity index (χ0v) is 11.1. The average molecular weight is 288 g/mol. The second-order valence-corrected chi connectivity index (χ2v) is 5.46. The van der Waals surface area contributed by atoms with Gasteiger partial charge in [-0.25, -0.2) is 4.98 Å². The van der Waals surface area contributed by atoms with Gasteiger partial charge in [0.1, 0.15) is 5.82 Å². The van der Waals surface area contributed by atoms with Gasteiger partial charge in [0.15, 0.2) is 0 Å². The molecular weight excluding hydrogens is 279 g/mol. The first-order valence-corrected chi connectivity index (χ1v) is 6.48. The van der Waals surface area contributed by atoms with Gasteiger partial charge in [0.2, 0.25) is 0 Å². The van der Waals surface area contributed by atoms with Gasteiger partial charge < -0.3 is 4.98 Å². The quantitative estimate of drug-likeness (QED) is 0.835. The molecule has 0 aliphatic heterocycles. The molecule has 0 radical (unpaired) electrons. The van der Waals surface area contributed by atoms with Crippen LogP contribution in [0.25, 0.3) is 11.4 Å². The number of nitrogens with zero attached hydrogens (tertiary/aromatic N) is 1. The minimum Gasteiger partial charge on any atom is -0.342 e. The minimum atomic E-state index is 0.513. The van der Waals surface area contributed by atoms with Crippen LogP contribution in [0.1, 0.15) is 24.5 Å². The Balaban J connectivity index is 2.07. The summed E-state index contributed by atoms with van der Waals surface area (Å²) in [5.74, 6) is 1.33. The Bertz CT molecular complexity index is 550. The topological polar surface area (TPSA) is 28.7 Å². The van der Waals surface area contributed by atoms with Crippen LogP contribution < -0.4 is 0 Å². The number of rotatable bonds is 2. The van der Waals surface area contributed by atoms with Crippen LogP contribution in [-0.2, 0) is 0 Å².